The van der Waals surface area contributed by atoms with E-state index in [0.717, 1.165) is 10.9 Å². The molecule has 9 heteroatoms. The normalized spacial score (nSPS) is 12.3. The molecule has 0 radical (unpaired) electrons. The summed E-state index contributed by atoms with van der Waals surface area (Å²) in [4.78, 5) is 29.4. The molecule has 2 amide bonds. The maximum Gasteiger partial charge on any atom is 0.451 e. The second-order valence-electron chi connectivity index (χ2n) is 8.22. The zero-order valence-corrected chi connectivity index (χ0v) is 17.7. The zero-order chi connectivity index (χ0) is 22.1. The van der Waals surface area contributed by atoms with Crippen molar-refractivity contribution in [1.29, 1.82) is 0 Å². The summed E-state index contributed by atoms with van der Waals surface area (Å²) in [6, 6.07) is 8.62. The van der Waals surface area contributed by atoms with Crippen molar-refractivity contribution in [1.82, 2.24) is 10.3 Å². The quantitative estimate of drug-likeness (QED) is 0.369. The van der Waals surface area contributed by atoms with Crippen molar-refractivity contribution in [3.63, 3.8) is 0 Å². The van der Waals surface area contributed by atoms with Crippen LogP contribution in [0.4, 0.5) is 10.5 Å². The van der Waals surface area contributed by atoms with Crippen molar-refractivity contribution >= 4 is 35.7 Å². The summed E-state index contributed by atoms with van der Waals surface area (Å²) < 4.78 is 5.28. The molecule has 2 aromatic rings. The number of para-hydroxylation sites is 1. The van der Waals surface area contributed by atoms with Crippen LogP contribution in [0.25, 0.3) is 10.9 Å². The number of nitrogens with one attached hydrogen (secondary N) is 2. The minimum absolute atomic E-state index is 0.277. The fraction of sp³-hybridized carbons (Fsp3) is 0.476. The van der Waals surface area contributed by atoms with E-state index in [0.29, 0.717) is 31.4 Å². The molecule has 2 rings (SSSR count). The van der Waals surface area contributed by atoms with Gasteiger partial charge < -0.3 is 25.4 Å². The average Bonchev–Trinajstić information content (AvgIpc) is 2.65. The molecule has 1 unspecified atom stereocenters. The molecule has 8 nitrogen and oxygen atoms in total. The monoisotopic (exact) mass is 415 g/mol. The number of rotatable bonds is 9. The molecule has 4 N–H and O–H groups in total. The smallest absolute Gasteiger partial charge is 0.444 e. The lowest BCUT2D eigenvalue weighted by atomic mass is 9.83. The van der Waals surface area contributed by atoms with E-state index in [4.69, 9.17) is 14.8 Å². The maximum atomic E-state index is 12.8. The van der Waals surface area contributed by atoms with E-state index in [2.05, 4.69) is 15.6 Å². The second-order valence-corrected chi connectivity index (χ2v) is 8.22. The van der Waals surface area contributed by atoms with Crippen molar-refractivity contribution in [3.05, 3.63) is 36.5 Å². The number of hydrogen-bond donors (Lipinski definition) is 4. The number of fused-ring (bicyclic) bond motifs is 1. The number of carbonyl (C=O) groups excluding carboxylic acids is 2. The molecule has 0 aliphatic heterocycles. The van der Waals surface area contributed by atoms with Gasteiger partial charge in [-0.05, 0) is 45.6 Å². The first-order chi connectivity index (χ1) is 14.1. The third-order valence-corrected chi connectivity index (χ3v) is 4.32. The molecule has 0 fully saturated rings. The van der Waals surface area contributed by atoms with Crippen molar-refractivity contribution in [3.8, 4) is 0 Å². The van der Waals surface area contributed by atoms with Crippen LogP contribution in [0.5, 0.6) is 0 Å². The SMILES string of the molecule is CC(C)(C)OC(=O)NC(CCCCCB(O)O)C(=O)Nc1cnc2ccccc2c1. The Bertz CT molecular complexity index is 854. The molecule has 0 aliphatic carbocycles. The van der Waals surface area contributed by atoms with Crippen molar-refractivity contribution in [2.75, 3.05) is 5.32 Å². The van der Waals surface area contributed by atoms with Crippen LogP contribution in [0.2, 0.25) is 6.32 Å². The Morgan fingerprint density at radius 2 is 1.90 bits per heavy atom. The van der Waals surface area contributed by atoms with E-state index < -0.39 is 24.9 Å². The van der Waals surface area contributed by atoms with Crippen LogP contribution >= 0.6 is 0 Å². The number of benzene rings is 1. The molecular weight excluding hydrogens is 385 g/mol. The highest BCUT2D eigenvalue weighted by Gasteiger charge is 2.24. The van der Waals surface area contributed by atoms with Gasteiger partial charge in [0.1, 0.15) is 11.6 Å². The summed E-state index contributed by atoms with van der Waals surface area (Å²) in [5.41, 5.74) is 0.688. The Kier molecular flexibility index (Phi) is 8.62. The number of unbranched alkanes of at least 4 members (excludes halogenated alkanes) is 2. The zero-order valence-electron chi connectivity index (χ0n) is 17.7. The first-order valence-corrected chi connectivity index (χ1v) is 10.2. The minimum Gasteiger partial charge on any atom is -0.444 e. The van der Waals surface area contributed by atoms with Gasteiger partial charge in [0, 0.05) is 5.39 Å². The Morgan fingerprint density at radius 3 is 2.60 bits per heavy atom. The molecule has 0 saturated heterocycles. The number of alkyl carbamates (subject to hydrolysis) is 1. The van der Waals surface area contributed by atoms with Gasteiger partial charge in [0.05, 0.1) is 17.4 Å². The fourth-order valence-corrected chi connectivity index (χ4v) is 2.94. The average molecular weight is 415 g/mol. The van der Waals surface area contributed by atoms with Crippen LogP contribution in [0.3, 0.4) is 0 Å². The summed E-state index contributed by atoms with van der Waals surface area (Å²) >= 11 is 0. The Labute approximate surface area is 177 Å². The number of hydrogen-bond acceptors (Lipinski definition) is 6. The van der Waals surface area contributed by atoms with Gasteiger partial charge in [-0.1, -0.05) is 37.5 Å². The van der Waals surface area contributed by atoms with Gasteiger partial charge in [-0.25, -0.2) is 4.79 Å². The predicted octanol–water partition coefficient (Wildman–Crippen LogP) is 3.10. The van der Waals surface area contributed by atoms with Gasteiger partial charge in [0.25, 0.3) is 0 Å². The lowest BCUT2D eigenvalue weighted by Gasteiger charge is -2.23. The van der Waals surface area contributed by atoms with Crippen molar-refractivity contribution < 1.29 is 24.4 Å². The third kappa shape index (κ3) is 8.38. The number of ether oxygens (including phenoxy) is 1. The topological polar surface area (TPSA) is 121 Å². The van der Waals surface area contributed by atoms with Crippen LogP contribution in [-0.2, 0) is 9.53 Å². The fourth-order valence-electron chi connectivity index (χ4n) is 2.94. The number of amides is 2. The van der Waals surface area contributed by atoms with Gasteiger partial charge in [-0.15, -0.1) is 0 Å². The largest absolute Gasteiger partial charge is 0.451 e. The van der Waals surface area contributed by atoms with Gasteiger partial charge in [0.15, 0.2) is 0 Å². The predicted molar refractivity (Wildman–Crippen MR) is 117 cm³/mol. The maximum absolute atomic E-state index is 12.8. The number of nitrogens with zero attached hydrogens (tertiary/aromatic N) is 1. The summed E-state index contributed by atoms with van der Waals surface area (Å²) in [5.74, 6) is -0.361. The van der Waals surface area contributed by atoms with Crippen LogP contribution in [0, 0.1) is 0 Å². The molecule has 30 heavy (non-hydrogen) atoms. The molecule has 162 valence electrons. The van der Waals surface area contributed by atoms with Crippen LogP contribution in [-0.4, -0.2) is 45.8 Å². The van der Waals surface area contributed by atoms with Crippen molar-refractivity contribution in [2.24, 2.45) is 0 Å². The molecule has 1 atom stereocenters. The van der Waals surface area contributed by atoms with Gasteiger partial charge >= 0.3 is 13.2 Å². The number of carbonyl (C=O) groups is 2. The molecule has 0 spiro atoms. The lowest BCUT2D eigenvalue weighted by Crippen LogP contribution is -2.45. The molecule has 0 bridgehead atoms. The van der Waals surface area contributed by atoms with E-state index in [1.54, 1.807) is 27.0 Å². The van der Waals surface area contributed by atoms with Gasteiger partial charge in [-0.2, -0.15) is 0 Å². The standard InChI is InChI=1S/C21H30BN3O5/c1-21(2,3)30-20(27)25-18(11-5-4-8-12-22(28)29)19(26)24-16-13-15-9-6-7-10-17(15)23-14-16/h6-7,9-10,13-14,18,28-29H,4-5,8,11-12H2,1-3H3,(H,24,26)(H,25,27). The molecule has 0 aliphatic rings. The number of aromatic nitrogens is 1. The van der Waals surface area contributed by atoms with E-state index in [9.17, 15) is 9.59 Å². The highest BCUT2D eigenvalue weighted by Crippen LogP contribution is 2.17. The lowest BCUT2D eigenvalue weighted by molar-refractivity contribution is -0.118. The van der Waals surface area contributed by atoms with Crippen LogP contribution in [0.1, 0.15) is 46.5 Å². The number of pyridine rings is 1. The Hall–Kier alpha value is -2.65. The molecular formula is C21H30BN3O5. The van der Waals surface area contributed by atoms with Gasteiger partial charge in [-0.3, -0.25) is 9.78 Å². The molecule has 0 saturated carbocycles. The number of anilines is 1. The molecule has 1 aromatic carbocycles. The first kappa shape index (κ1) is 23.6. The Morgan fingerprint density at radius 1 is 1.17 bits per heavy atom. The van der Waals surface area contributed by atoms with E-state index in [-0.39, 0.29) is 12.2 Å². The molecule has 1 heterocycles. The van der Waals surface area contributed by atoms with Crippen molar-refractivity contribution in [2.45, 2.75) is 64.4 Å². The summed E-state index contributed by atoms with van der Waals surface area (Å²) in [6.07, 6.45) is 3.55. The minimum atomic E-state index is -1.33. The Balaban J connectivity index is 2.02. The van der Waals surface area contributed by atoms with E-state index >= 15 is 0 Å². The first-order valence-electron chi connectivity index (χ1n) is 10.2. The summed E-state index contributed by atoms with van der Waals surface area (Å²) in [6.45, 7) is 5.26. The molecule has 1 aromatic heterocycles. The summed E-state index contributed by atoms with van der Waals surface area (Å²) in [5, 5.41) is 24.2. The third-order valence-electron chi connectivity index (χ3n) is 4.32. The van der Waals surface area contributed by atoms with E-state index in [1.165, 1.54) is 0 Å². The second kappa shape index (κ2) is 10.9. The summed E-state index contributed by atoms with van der Waals surface area (Å²) in [7, 11) is -1.33. The van der Waals surface area contributed by atoms with E-state index in [1.807, 2.05) is 30.3 Å². The van der Waals surface area contributed by atoms with Crippen LogP contribution < -0.4 is 10.6 Å². The highest BCUT2D eigenvalue weighted by molar-refractivity contribution is 6.40. The highest BCUT2D eigenvalue weighted by atomic mass is 16.6. The van der Waals surface area contributed by atoms with Gasteiger partial charge in [0.2, 0.25) is 5.91 Å². The van der Waals surface area contributed by atoms with Crippen LogP contribution in [0.15, 0.2) is 36.5 Å².